The van der Waals surface area contributed by atoms with Crippen molar-refractivity contribution in [2.24, 2.45) is 0 Å². The smallest absolute Gasteiger partial charge is 0.187 e. The average Bonchev–Trinajstić information content (AvgIpc) is 2.74. The standard InChI is InChI=1S/C12H22O9/c1-4-6(14)10(9(17)11(18-2)19-4)21-12-8(16)7(15)5(3-13)20-12/h4-17H,3H2,1-2H3/t4-,5+,6-,7+,8+,9+,10+,11+,12-/m0/s1. The number of aliphatic hydroxyl groups is 5. The van der Waals surface area contributed by atoms with E-state index in [0.29, 0.717) is 0 Å². The van der Waals surface area contributed by atoms with Gasteiger partial charge in [-0.25, -0.2) is 0 Å². The van der Waals surface area contributed by atoms with Crippen molar-refractivity contribution in [2.45, 2.75) is 62.2 Å². The summed E-state index contributed by atoms with van der Waals surface area (Å²) in [6.45, 7) is 1.09. The van der Waals surface area contributed by atoms with Crippen molar-refractivity contribution in [3.8, 4) is 0 Å². The molecular weight excluding hydrogens is 288 g/mol. The molecule has 9 atom stereocenters. The molecule has 2 aliphatic rings. The van der Waals surface area contributed by atoms with Crippen LogP contribution < -0.4 is 0 Å². The molecule has 9 nitrogen and oxygen atoms in total. The molecule has 2 rings (SSSR count). The lowest BCUT2D eigenvalue weighted by atomic mass is 9.99. The molecule has 0 aromatic rings. The number of aliphatic hydroxyl groups excluding tert-OH is 5. The molecule has 21 heavy (non-hydrogen) atoms. The zero-order valence-corrected chi connectivity index (χ0v) is 11.8. The SMILES string of the molecule is CO[C@@H]1O[C@@H](C)[C@H](O)[C@@H](O[C@@H]2O[C@H](CO)[C@@H](O)[C@H]2O)[C@H]1O. The van der Waals surface area contributed by atoms with Gasteiger partial charge in [0.15, 0.2) is 12.6 Å². The van der Waals surface area contributed by atoms with E-state index in [1.165, 1.54) is 7.11 Å². The highest BCUT2D eigenvalue weighted by molar-refractivity contribution is 4.92. The van der Waals surface area contributed by atoms with Gasteiger partial charge in [-0.1, -0.05) is 0 Å². The molecule has 0 amide bonds. The van der Waals surface area contributed by atoms with E-state index in [2.05, 4.69) is 0 Å². The van der Waals surface area contributed by atoms with Crippen molar-refractivity contribution < 1.29 is 44.5 Å². The Morgan fingerprint density at radius 1 is 0.905 bits per heavy atom. The molecule has 0 aliphatic carbocycles. The summed E-state index contributed by atoms with van der Waals surface area (Å²) < 4.78 is 20.8. The third kappa shape index (κ3) is 3.21. The van der Waals surface area contributed by atoms with E-state index in [9.17, 15) is 20.4 Å². The van der Waals surface area contributed by atoms with Crippen LogP contribution in [0.5, 0.6) is 0 Å². The van der Waals surface area contributed by atoms with Gasteiger partial charge in [0, 0.05) is 7.11 Å². The number of hydrogen-bond acceptors (Lipinski definition) is 9. The van der Waals surface area contributed by atoms with Crippen LogP contribution in [-0.4, -0.2) is 94.6 Å². The fourth-order valence-electron chi connectivity index (χ4n) is 2.49. The van der Waals surface area contributed by atoms with Crippen molar-refractivity contribution in [3.63, 3.8) is 0 Å². The molecule has 9 heteroatoms. The quantitative estimate of drug-likeness (QED) is 0.366. The first kappa shape index (κ1) is 17.0. The van der Waals surface area contributed by atoms with Gasteiger partial charge in [-0.05, 0) is 6.92 Å². The second kappa shape index (κ2) is 6.82. The van der Waals surface area contributed by atoms with Crippen LogP contribution >= 0.6 is 0 Å². The molecule has 2 saturated heterocycles. The van der Waals surface area contributed by atoms with Crippen LogP contribution in [0.4, 0.5) is 0 Å². The second-order valence-corrected chi connectivity index (χ2v) is 5.23. The first-order chi connectivity index (χ1) is 9.90. The van der Waals surface area contributed by atoms with Gasteiger partial charge in [-0.3, -0.25) is 0 Å². The Kier molecular flexibility index (Phi) is 5.52. The predicted octanol–water partition coefficient (Wildman–Crippen LogP) is -3.08. The summed E-state index contributed by atoms with van der Waals surface area (Å²) in [6.07, 6.45) is -10.3. The third-order valence-corrected chi connectivity index (χ3v) is 3.80. The average molecular weight is 310 g/mol. The molecule has 2 fully saturated rings. The maximum atomic E-state index is 10.1. The van der Waals surface area contributed by atoms with Crippen LogP contribution in [0.2, 0.25) is 0 Å². The molecule has 0 saturated carbocycles. The maximum Gasteiger partial charge on any atom is 0.187 e. The monoisotopic (exact) mass is 310 g/mol. The van der Waals surface area contributed by atoms with Crippen LogP contribution in [0, 0.1) is 0 Å². The van der Waals surface area contributed by atoms with Gasteiger partial charge in [0.05, 0.1) is 12.7 Å². The highest BCUT2D eigenvalue weighted by Crippen LogP contribution is 2.29. The lowest BCUT2D eigenvalue weighted by Crippen LogP contribution is -2.59. The van der Waals surface area contributed by atoms with Crippen molar-refractivity contribution in [3.05, 3.63) is 0 Å². The molecule has 0 radical (unpaired) electrons. The normalized spacial score (nSPS) is 51.3. The highest BCUT2D eigenvalue weighted by atomic mass is 16.7. The second-order valence-electron chi connectivity index (χ2n) is 5.23. The third-order valence-electron chi connectivity index (χ3n) is 3.80. The lowest BCUT2D eigenvalue weighted by Gasteiger charge is -2.41. The summed E-state index contributed by atoms with van der Waals surface area (Å²) in [6, 6.07) is 0. The zero-order valence-electron chi connectivity index (χ0n) is 11.8. The molecule has 0 aromatic heterocycles. The van der Waals surface area contributed by atoms with Gasteiger partial charge in [0.2, 0.25) is 0 Å². The summed E-state index contributed by atoms with van der Waals surface area (Å²) in [5, 5.41) is 48.6. The fourth-order valence-corrected chi connectivity index (χ4v) is 2.49. The largest absolute Gasteiger partial charge is 0.394 e. The van der Waals surface area contributed by atoms with Crippen LogP contribution in [0.15, 0.2) is 0 Å². The van der Waals surface area contributed by atoms with Gasteiger partial charge in [0.25, 0.3) is 0 Å². The molecule has 0 bridgehead atoms. The topological polar surface area (TPSA) is 138 Å². The van der Waals surface area contributed by atoms with Crippen LogP contribution in [-0.2, 0) is 18.9 Å². The van der Waals surface area contributed by atoms with E-state index in [1.807, 2.05) is 0 Å². The van der Waals surface area contributed by atoms with Crippen molar-refractivity contribution >= 4 is 0 Å². The Labute approximate surface area is 121 Å². The molecule has 0 aromatic carbocycles. The molecule has 0 unspecified atom stereocenters. The number of hydrogen-bond donors (Lipinski definition) is 5. The minimum absolute atomic E-state index is 0.492. The first-order valence-corrected chi connectivity index (χ1v) is 6.73. The van der Waals surface area contributed by atoms with Gasteiger partial charge >= 0.3 is 0 Å². The first-order valence-electron chi connectivity index (χ1n) is 6.73. The maximum absolute atomic E-state index is 10.1. The van der Waals surface area contributed by atoms with E-state index < -0.39 is 61.9 Å². The summed E-state index contributed by atoms with van der Waals surface area (Å²) in [5.41, 5.74) is 0. The van der Waals surface area contributed by atoms with Crippen molar-refractivity contribution in [1.82, 2.24) is 0 Å². The summed E-state index contributed by atoms with van der Waals surface area (Å²) in [4.78, 5) is 0. The number of methoxy groups -OCH3 is 1. The Morgan fingerprint density at radius 3 is 2.10 bits per heavy atom. The van der Waals surface area contributed by atoms with E-state index in [0.717, 1.165) is 0 Å². The minimum atomic E-state index is -1.40. The molecular formula is C12H22O9. The van der Waals surface area contributed by atoms with Gasteiger partial charge in [-0.2, -0.15) is 0 Å². The van der Waals surface area contributed by atoms with Gasteiger partial charge in [0.1, 0.15) is 36.6 Å². The van der Waals surface area contributed by atoms with E-state index in [-0.39, 0.29) is 0 Å². The number of rotatable bonds is 4. The molecule has 124 valence electrons. The Bertz CT molecular complexity index is 341. The van der Waals surface area contributed by atoms with Crippen molar-refractivity contribution in [1.29, 1.82) is 0 Å². The van der Waals surface area contributed by atoms with Gasteiger partial charge < -0.3 is 44.5 Å². The number of ether oxygens (including phenoxy) is 4. The highest BCUT2D eigenvalue weighted by Gasteiger charge is 2.49. The summed E-state index contributed by atoms with van der Waals surface area (Å²) >= 11 is 0. The Morgan fingerprint density at radius 2 is 1.57 bits per heavy atom. The molecule has 0 spiro atoms. The van der Waals surface area contributed by atoms with Crippen LogP contribution in [0.25, 0.3) is 0 Å². The Balaban J connectivity index is 2.06. The minimum Gasteiger partial charge on any atom is -0.394 e. The van der Waals surface area contributed by atoms with Crippen LogP contribution in [0.3, 0.4) is 0 Å². The predicted molar refractivity (Wildman–Crippen MR) is 66.0 cm³/mol. The molecule has 5 N–H and O–H groups in total. The molecule has 2 heterocycles. The molecule has 2 aliphatic heterocycles. The van der Waals surface area contributed by atoms with E-state index >= 15 is 0 Å². The van der Waals surface area contributed by atoms with E-state index in [4.69, 9.17) is 24.1 Å². The lowest BCUT2D eigenvalue weighted by molar-refractivity contribution is -0.320. The summed E-state index contributed by atoms with van der Waals surface area (Å²) in [7, 11) is 1.34. The zero-order chi connectivity index (χ0) is 15.7. The Hall–Kier alpha value is -0.360. The summed E-state index contributed by atoms with van der Waals surface area (Å²) in [5.74, 6) is 0. The van der Waals surface area contributed by atoms with Gasteiger partial charge in [-0.15, -0.1) is 0 Å². The fraction of sp³-hybridized carbons (Fsp3) is 1.00. The van der Waals surface area contributed by atoms with Crippen molar-refractivity contribution in [2.75, 3.05) is 13.7 Å². The van der Waals surface area contributed by atoms with E-state index in [1.54, 1.807) is 6.92 Å². The van der Waals surface area contributed by atoms with Crippen LogP contribution in [0.1, 0.15) is 6.92 Å².